The van der Waals surface area contributed by atoms with Gasteiger partial charge >= 0.3 is 0 Å². The van der Waals surface area contributed by atoms with Crippen LogP contribution in [0.2, 0.25) is 5.02 Å². The molecule has 0 aliphatic carbocycles. The Bertz CT molecular complexity index is 730. The molecule has 0 fully saturated rings. The Hall–Kier alpha value is -1.91. The molecule has 0 amide bonds. The number of anilines is 2. The summed E-state index contributed by atoms with van der Waals surface area (Å²) in [4.78, 5) is 6.49. The van der Waals surface area contributed by atoms with Gasteiger partial charge in [0.25, 0.3) is 0 Å². The molecule has 118 valence electrons. The molecular weight excluding hydrogens is 326 g/mol. The Labute approximate surface area is 146 Å². The van der Waals surface area contributed by atoms with Crippen molar-refractivity contribution in [3.63, 3.8) is 0 Å². The quantitative estimate of drug-likeness (QED) is 0.833. The number of halogens is 1. The van der Waals surface area contributed by atoms with Gasteiger partial charge in [-0.2, -0.15) is 0 Å². The Morgan fingerprint density at radius 1 is 1.26 bits per heavy atom. The minimum absolute atomic E-state index is 0.240. The highest BCUT2D eigenvalue weighted by atomic mass is 35.5. The number of nitrogens with one attached hydrogen (secondary N) is 1. The molecule has 23 heavy (non-hydrogen) atoms. The van der Waals surface area contributed by atoms with Crippen LogP contribution in [0.3, 0.4) is 0 Å². The van der Waals surface area contributed by atoms with Crippen molar-refractivity contribution in [1.29, 1.82) is 0 Å². The second-order valence-electron chi connectivity index (χ2n) is 5.11. The molecule has 1 aromatic carbocycles. The van der Waals surface area contributed by atoms with Crippen LogP contribution >= 0.6 is 23.4 Å². The highest BCUT2D eigenvalue weighted by Crippen LogP contribution is 2.30. The topological polar surface area (TPSA) is 28.2 Å². The molecule has 1 aromatic heterocycles. The number of rotatable bonds is 5. The van der Waals surface area contributed by atoms with Crippen LogP contribution in [-0.2, 0) is 5.75 Å². The van der Waals surface area contributed by atoms with E-state index in [9.17, 15) is 0 Å². The van der Waals surface area contributed by atoms with Gasteiger partial charge in [-0.15, -0.1) is 11.8 Å². The summed E-state index contributed by atoms with van der Waals surface area (Å²) >= 11 is 8.00. The lowest BCUT2D eigenvalue weighted by molar-refractivity contribution is 1.01. The summed E-state index contributed by atoms with van der Waals surface area (Å²) in [6.07, 6.45) is 10.3. The van der Waals surface area contributed by atoms with Crippen LogP contribution in [0, 0.1) is 0 Å². The second kappa shape index (κ2) is 7.57. The molecule has 1 aliphatic rings. The summed E-state index contributed by atoms with van der Waals surface area (Å²) in [7, 11) is 1.88. The third-order valence-corrected chi connectivity index (χ3v) is 4.98. The molecule has 3 rings (SSSR count). The van der Waals surface area contributed by atoms with Crippen LogP contribution in [0.25, 0.3) is 0 Å². The number of thioether (sulfide) groups is 1. The van der Waals surface area contributed by atoms with Crippen LogP contribution in [0.15, 0.2) is 67.0 Å². The van der Waals surface area contributed by atoms with Gasteiger partial charge in [0.15, 0.2) is 0 Å². The largest absolute Gasteiger partial charge is 0.373 e. The zero-order valence-corrected chi connectivity index (χ0v) is 14.4. The minimum atomic E-state index is 0.240. The third-order valence-electron chi connectivity index (χ3n) is 3.52. The van der Waals surface area contributed by atoms with Crippen molar-refractivity contribution in [2.24, 2.45) is 0 Å². The smallest absolute Gasteiger partial charge is 0.125 e. The molecular formula is C18H18ClN3S. The van der Waals surface area contributed by atoms with Gasteiger partial charge < -0.3 is 10.2 Å². The van der Waals surface area contributed by atoms with Gasteiger partial charge in [0.2, 0.25) is 0 Å². The zero-order chi connectivity index (χ0) is 16.1. The molecule has 1 unspecified atom stereocenters. The van der Waals surface area contributed by atoms with Crippen LogP contribution in [-0.4, -0.2) is 17.4 Å². The molecule has 2 aromatic rings. The predicted molar refractivity (Wildman–Crippen MR) is 101 cm³/mol. The molecule has 0 saturated carbocycles. The van der Waals surface area contributed by atoms with Crippen LogP contribution in [0.5, 0.6) is 0 Å². The predicted octanol–water partition coefficient (Wildman–Crippen LogP) is 4.93. The number of hydrogen-bond donors (Lipinski definition) is 1. The third kappa shape index (κ3) is 4.09. The molecule has 2 heterocycles. The lowest BCUT2D eigenvalue weighted by Gasteiger charge is -2.30. The fraction of sp³-hybridized carbons (Fsp3) is 0.167. The fourth-order valence-corrected chi connectivity index (χ4v) is 3.65. The van der Waals surface area contributed by atoms with Gasteiger partial charge in [-0.25, -0.2) is 4.98 Å². The SMILES string of the molecule is CNc1cc(CSC2C=CC=CN2c2cccc(Cl)c2)ccn1. The number of allylic oxidation sites excluding steroid dienone is 2. The first-order valence-corrected chi connectivity index (χ1v) is 8.82. The van der Waals surface area contributed by atoms with Crippen LogP contribution in [0.4, 0.5) is 11.5 Å². The molecule has 3 nitrogen and oxygen atoms in total. The van der Waals surface area contributed by atoms with E-state index < -0.39 is 0 Å². The average molecular weight is 344 g/mol. The van der Waals surface area contributed by atoms with Crippen LogP contribution in [0.1, 0.15) is 5.56 Å². The Morgan fingerprint density at radius 2 is 2.17 bits per heavy atom. The molecule has 5 heteroatoms. The lowest BCUT2D eigenvalue weighted by atomic mass is 10.2. The van der Waals surface area contributed by atoms with Crippen LogP contribution < -0.4 is 10.2 Å². The van der Waals surface area contributed by atoms with E-state index in [1.807, 2.05) is 49.3 Å². The Morgan fingerprint density at radius 3 is 3.00 bits per heavy atom. The summed E-state index contributed by atoms with van der Waals surface area (Å²) in [5, 5.41) is 4.07. The van der Waals surface area contributed by atoms with E-state index in [1.54, 1.807) is 0 Å². The first-order chi connectivity index (χ1) is 11.3. The first kappa shape index (κ1) is 16.0. The first-order valence-electron chi connectivity index (χ1n) is 7.39. The number of hydrogen-bond acceptors (Lipinski definition) is 4. The van der Waals surface area contributed by atoms with Gasteiger partial charge in [0.1, 0.15) is 5.82 Å². The standard InChI is InChI=1S/C18H18ClN3S/c1-20-17-11-14(8-9-21-17)13-23-18-7-2-3-10-22(18)16-6-4-5-15(19)12-16/h2-12,18H,13H2,1H3,(H,20,21). The van der Waals surface area contributed by atoms with E-state index in [4.69, 9.17) is 11.6 Å². The van der Waals surface area contributed by atoms with Crippen molar-refractivity contribution in [2.45, 2.75) is 11.1 Å². The highest BCUT2D eigenvalue weighted by Gasteiger charge is 2.17. The maximum atomic E-state index is 6.13. The Balaban J connectivity index is 1.72. The molecule has 1 atom stereocenters. The van der Waals surface area contributed by atoms with E-state index in [0.29, 0.717) is 0 Å². The average Bonchev–Trinajstić information content (AvgIpc) is 2.60. The van der Waals surface area contributed by atoms with Gasteiger partial charge in [0, 0.05) is 35.9 Å². The highest BCUT2D eigenvalue weighted by molar-refractivity contribution is 7.99. The van der Waals surface area contributed by atoms with Crippen molar-refractivity contribution < 1.29 is 0 Å². The number of aromatic nitrogens is 1. The summed E-state index contributed by atoms with van der Waals surface area (Å²) in [6, 6.07) is 12.1. The van der Waals surface area contributed by atoms with Gasteiger partial charge in [-0.05, 0) is 42.0 Å². The maximum Gasteiger partial charge on any atom is 0.125 e. The van der Waals surface area contributed by atoms with E-state index in [1.165, 1.54) is 5.56 Å². The van der Waals surface area contributed by atoms with E-state index in [0.717, 1.165) is 22.3 Å². The van der Waals surface area contributed by atoms with Gasteiger partial charge in [0.05, 0.1) is 5.37 Å². The second-order valence-corrected chi connectivity index (χ2v) is 6.66. The summed E-state index contributed by atoms with van der Waals surface area (Å²) in [6.45, 7) is 0. The molecule has 1 aliphatic heterocycles. The van der Waals surface area contributed by atoms with E-state index in [-0.39, 0.29) is 5.37 Å². The van der Waals surface area contributed by atoms with Crippen molar-refractivity contribution in [3.8, 4) is 0 Å². The molecule has 0 spiro atoms. The molecule has 0 saturated heterocycles. The number of pyridine rings is 1. The fourth-order valence-electron chi connectivity index (χ4n) is 2.37. The minimum Gasteiger partial charge on any atom is -0.373 e. The van der Waals surface area contributed by atoms with Crippen molar-refractivity contribution in [2.75, 3.05) is 17.3 Å². The van der Waals surface area contributed by atoms with Crippen molar-refractivity contribution in [3.05, 3.63) is 77.6 Å². The lowest BCUT2D eigenvalue weighted by Crippen LogP contribution is -2.27. The monoisotopic (exact) mass is 343 g/mol. The normalized spacial score (nSPS) is 16.6. The summed E-state index contributed by atoms with van der Waals surface area (Å²) in [5.41, 5.74) is 2.35. The number of benzene rings is 1. The van der Waals surface area contributed by atoms with Crippen molar-refractivity contribution in [1.82, 2.24) is 4.98 Å². The van der Waals surface area contributed by atoms with E-state index >= 15 is 0 Å². The summed E-state index contributed by atoms with van der Waals surface area (Å²) in [5.74, 6) is 1.81. The van der Waals surface area contributed by atoms with Gasteiger partial charge in [-0.3, -0.25) is 0 Å². The number of nitrogens with zero attached hydrogens (tertiary/aromatic N) is 2. The molecule has 0 radical (unpaired) electrons. The van der Waals surface area contributed by atoms with Gasteiger partial charge in [-0.1, -0.05) is 29.8 Å². The maximum absolute atomic E-state index is 6.13. The van der Waals surface area contributed by atoms with E-state index in [2.05, 4.69) is 51.8 Å². The molecule has 0 bridgehead atoms. The van der Waals surface area contributed by atoms with Crippen molar-refractivity contribution >= 4 is 34.9 Å². The Kier molecular flexibility index (Phi) is 5.26. The summed E-state index contributed by atoms with van der Waals surface area (Å²) < 4.78 is 0. The molecule has 1 N–H and O–H groups in total. The zero-order valence-electron chi connectivity index (χ0n) is 12.8.